The molecule has 0 saturated carbocycles. The second-order valence-electron chi connectivity index (χ2n) is 2.93. The summed E-state index contributed by atoms with van der Waals surface area (Å²) in [5.41, 5.74) is 0. The predicted molar refractivity (Wildman–Crippen MR) is 56.6 cm³/mol. The van der Waals surface area contributed by atoms with Crippen LogP contribution in [0.1, 0.15) is 13.3 Å². The Morgan fingerprint density at radius 1 is 1.50 bits per heavy atom. The number of anilines is 1. The molecule has 0 bridgehead atoms. The smallest absolute Gasteiger partial charge is 0.222 e. The van der Waals surface area contributed by atoms with Crippen molar-refractivity contribution in [2.75, 3.05) is 19.0 Å². The van der Waals surface area contributed by atoms with E-state index in [4.69, 9.17) is 16.3 Å². The standard InChI is InChI=1S/C9H14ClN3O/c1-3-8(6-14-2)13-9-11-4-7(10)5-12-9/h4-5,8H,3,6H2,1-2H3,(H,11,12,13). The van der Waals surface area contributed by atoms with Gasteiger partial charge < -0.3 is 10.1 Å². The molecule has 0 radical (unpaired) electrons. The number of hydrogen-bond acceptors (Lipinski definition) is 4. The van der Waals surface area contributed by atoms with Crippen molar-refractivity contribution in [3.05, 3.63) is 17.4 Å². The number of methoxy groups -OCH3 is 1. The lowest BCUT2D eigenvalue weighted by Crippen LogP contribution is -2.24. The molecule has 0 aliphatic carbocycles. The molecule has 78 valence electrons. The van der Waals surface area contributed by atoms with Crippen LogP contribution >= 0.6 is 11.6 Å². The Bertz CT molecular complexity index is 265. The minimum Gasteiger partial charge on any atom is -0.383 e. The molecule has 4 nitrogen and oxygen atoms in total. The Morgan fingerprint density at radius 3 is 2.64 bits per heavy atom. The molecule has 5 heteroatoms. The molecule has 1 N–H and O–H groups in total. The average molecular weight is 216 g/mol. The minimum absolute atomic E-state index is 0.237. The monoisotopic (exact) mass is 215 g/mol. The van der Waals surface area contributed by atoms with E-state index in [0.29, 0.717) is 17.6 Å². The maximum Gasteiger partial charge on any atom is 0.222 e. The highest BCUT2D eigenvalue weighted by Crippen LogP contribution is 2.07. The summed E-state index contributed by atoms with van der Waals surface area (Å²) in [6.07, 6.45) is 4.09. The number of halogens is 1. The first-order valence-electron chi connectivity index (χ1n) is 4.49. The molecule has 0 saturated heterocycles. The second-order valence-corrected chi connectivity index (χ2v) is 3.37. The first-order valence-corrected chi connectivity index (χ1v) is 4.87. The molecule has 1 atom stereocenters. The summed E-state index contributed by atoms with van der Waals surface area (Å²) in [5.74, 6) is 0.582. The first kappa shape index (κ1) is 11.2. The minimum atomic E-state index is 0.237. The zero-order valence-electron chi connectivity index (χ0n) is 8.33. The second kappa shape index (κ2) is 5.78. The number of aromatic nitrogens is 2. The fourth-order valence-corrected chi connectivity index (χ4v) is 1.13. The van der Waals surface area contributed by atoms with Crippen molar-refractivity contribution in [2.24, 2.45) is 0 Å². The molecule has 14 heavy (non-hydrogen) atoms. The van der Waals surface area contributed by atoms with E-state index in [1.807, 2.05) is 0 Å². The highest BCUT2D eigenvalue weighted by atomic mass is 35.5. The summed E-state index contributed by atoms with van der Waals surface area (Å²) in [6.45, 7) is 2.72. The Labute approximate surface area is 88.7 Å². The number of nitrogens with one attached hydrogen (secondary N) is 1. The lowest BCUT2D eigenvalue weighted by molar-refractivity contribution is 0.184. The number of rotatable bonds is 5. The van der Waals surface area contributed by atoms with Gasteiger partial charge in [0.25, 0.3) is 0 Å². The summed E-state index contributed by atoms with van der Waals surface area (Å²) in [5, 5.41) is 3.69. The summed E-state index contributed by atoms with van der Waals surface area (Å²) in [4.78, 5) is 8.08. The Hall–Kier alpha value is -0.870. The zero-order chi connectivity index (χ0) is 10.4. The molecular weight excluding hydrogens is 202 g/mol. The van der Waals surface area contributed by atoms with Crippen LogP contribution in [0.2, 0.25) is 5.02 Å². The summed E-state index contributed by atoms with van der Waals surface area (Å²) < 4.78 is 5.05. The van der Waals surface area contributed by atoms with Crippen LogP contribution < -0.4 is 5.32 Å². The van der Waals surface area contributed by atoms with Crippen molar-refractivity contribution in [3.63, 3.8) is 0 Å². The molecule has 0 amide bonds. The maximum atomic E-state index is 5.67. The molecule has 0 aliphatic rings. The van der Waals surface area contributed by atoms with E-state index in [9.17, 15) is 0 Å². The molecular formula is C9H14ClN3O. The number of nitrogens with zero attached hydrogens (tertiary/aromatic N) is 2. The molecule has 0 aliphatic heterocycles. The van der Waals surface area contributed by atoms with Crippen LogP contribution in [0.4, 0.5) is 5.95 Å². The molecule has 0 fully saturated rings. The zero-order valence-corrected chi connectivity index (χ0v) is 9.08. The average Bonchev–Trinajstić information content (AvgIpc) is 2.20. The van der Waals surface area contributed by atoms with Crippen LogP contribution in [-0.4, -0.2) is 29.7 Å². The van der Waals surface area contributed by atoms with Gasteiger partial charge in [-0.2, -0.15) is 0 Å². The van der Waals surface area contributed by atoms with Crippen LogP contribution in [0.3, 0.4) is 0 Å². The van der Waals surface area contributed by atoms with E-state index in [0.717, 1.165) is 6.42 Å². The molecule has 1 heterocycles. The van der Waals surface area contributed by atoms with Gasteiger partial charge in [-0.3, -0.25) is 0 Å². The van der Waals surface area contributed by atoms with Crippen molar-refractivity contribution in [2.45, 2.75) is 19.4 Å². The van der Waals surface area contributed by atoms with E-state index in [2.05, 4.69) is 22.2 Å². The molecule has 1 unspecified atom stereocenters. The predicted octanol–water partition coefficient (Wildman–Crippen LogP) is 1.97. The van der Waals surface area contributed by atoms with Gasteiger partial charge in [-0.15, -0.1) is 0 Å². The molecule has 1 rings (SSSR count). The van der Waals surface area contributed by atoms with Gasteiger partial charge in [-0.05, 0) is 6.42 Å². The Kier molecular flexibility index (Phi) is 4.62. The molecule has 1 aromatic rings. The van der Waals surface area contributed by atoms with Crippen molar-refractivity contribution in [1.82, 2.24) is 9.97 Å². The number of ether oxygens (including phenoxy) is 1. The van der Waals surface area contributed by atoms with Crippen LogP contribution in [0.15, 0.2) is 12.4 Å². The van der Waals surface area contributed by atoms with E-state index in [1.165, 1.54) is 0 Å². The van der Waals surface area contributed by atoms with Crippen LogP contribution in [-0.2, 0) is 4.74 Å². The molecule has 0 aromatic carbocycles. The quantitative estimate of drug-likeness (QED) is 0.816. The highest BCUT2D eigenvalue weighted by molar-refractivity contribution is 6.30. The van der Waals surface area contributed by atoms with Gasteiger partial charge in [0.1, 0.15) is 0 Å². The Morgan fingerprint density at radius 2 is 2.14 bits per heavy atom. The molecule has 0 spiro atoms. The van der Waals surface area contributed by atoms with Crippen molar-refractivity contribution in [3.8, 4) is 0 Å². The third-order valence-electron chi connectivity index (χ3n) is 1.81. The maximum absolute atomic E-state index is 5.67. The normalized spacial score (nSPS) is 12.5. The number of hydrogen-bond donors (Lipinski definition) is 1. The van der Waals surface area contributed by atoms with Crippen molar-refractivity contribution < 1.29 is 4.74 Å². The van der Waals surface area contributed by atoms with Gasteiger partial charge in [0.15, 0.2) is 0 Å². The summed E-state index contributed by atoms with van der Waals surface area (Å²) in [6, 6.07) is 0.237. The summed E-state index contributed by atoms with van der Waals surface area (Å²) >= 11 is 5.67. The van der Waals surface area contributed by atoms with Crippen LogP contribution in [0.5, 0.6) is 0 Å². The third kappa shape index (κ3) is 3.47. The van der Waals surface area contributed by atoms with E-state index in [-0.39, 0.29) is 6.04 Å². The third-order valence-corrected chi connectivity index (χ3v) is 2.01. The van der Waals surface area contributed by atoms with Gasteiger partial charge in [-0.1, -0.05) is 18.5 Å². The van der Waals surface area contributed by atoms with E-state index >= 15 is 0 Å². The first-order chi connectivity index (χ1) is 6.76. The van der Waals surface area contributed by atoms with Crippen molar-refractivity contribution in [1.29, 1.82) is 0 Å². The SMILES string of the molecule is CCC(COC)Nc1ncc(Cl)cn1. The Balaban J connectivity index is 2.53. The van der Waals surface area contributed by atoms with Crippen LogP contribution in [0, 0.1) is 0 Å². The van der Waals surface area contributed by atoms with Gasteiger partial charge in [0.05, 0.1) is 30.1 Å². The topological polar surface area (TPSA) is 47.0 Å². The van der Waals surface area contributed by atoms with Crippen LogP contribution in [0.25, 0.3) is 0 Å². The van der Waals surface area contributed by atoms with Crippen molar-refractivity contribution >= 4 is 17.5 Å². The largest absolute Gasteiger partial charge is 0.383 e. The highest BCUT2D eigenvalue weighted by Gasteiger charge is 2.06. The van der Waals surface area contributed by atoms with E-state index < -0.39 is 0 Å². The van der Waals surface area contributed by atoms with E-state index in [1.54, 1.807) is 19.5 Å². The summed E-state index contributed by atoms with van der Waals surface area (Å²) in [7, 11) is 1.67. The lowest BCUT2D eigenvalue weighted by atomic mass is 10.2. The van der Waals surface area contributed by atoms with Gasteiger partial charge in [0, 0.05) is 7.11 Å². The molecule has 1 aromatic heterocycles. The lowest BCUT2D eigenvalue weighted by Gasteiger charge is -2.15. The van der Waals surface area contributed by atoms with Gasteiger partial charge in [0.2, 0.25) is 5.95 Å². The fourth-order valence-electron chi connectivity index (χ4n) is 1.03. The van der Waals surface area contributed by atoms with Gasteiger partial charge >= 0.3 is 0 Å². The van der Waals surface area contributed by atoms with Gasteiger partial charge in [-0.25, -0.2) is 9.97 Å². The fraction of sp³-hybridized carbons (Fsp3) is 0.556.